The van der Waals surface area contributed by atoms with Gasteiger partial charge in [-0.3, -0.25) is 0 Å². The fourth-order valence-corrected chi connectivity index (χ4v) is 8.48. The zero-order valence-electron chi connectivity index (χ0n) is 15.2. The summed E-state index contributed by atoms with van der Waals surface area (Å²) in [6, 6.07) is 0. The molecule has 4 fully saturated rings. The molecule has 7 unspecified atom stereocenters. The Morgan fingerprint density at radius 1 is 1.08 bits per heavy atom. The number of allylic oxidation sites excluding steroid dienone is 1. The molecule has 24 heavy (non-hydrogen) atoms. The molecule has 0 aromatic heterocycles. The lowest BCUT2D eigenvalue weighted by Gasteiger charge is -2.56. The Morgan fingerprint density at radius 2 is 1.92 bits per heavy atom. The molecule has 0 heterocycles. The van der Waals surface area contributed by atoms with Crippen LogP contribution in [-0.2, 0) is 0 Å². The van der Waals surface area contributed by atoms with Crippen molar-refractivity contribution in [2.24, 2.45) is 40.4 Å². The van der Waals surface area contributed by atoms with Gasteiger partial charge >= 0.3 is 0 Å². The second-order valence-corrected chi connectivity index (χ2v) is 9.96. The Bertz CT molecular complexity index is 554. The van der Waals surface area contributed by atoms with E-state index in [0.717, 1.165) is 48.9 Å². The quantitative estimate of drug-likeness (QED) is 0.757. The molecule has 0 radical (unpaired) electrons. The summed E-state index contributed by atoms with van der Waals surface area (Å²) >= 11 is 0. The monoisotopic (exact) mass is 330 g/mol. The van der Waals surface area contributed by atoms with Crippen molar-refractivity contribution < 1.29 is 10.2 Å². The van der Waals surface area contributed by atoms with Crippen molar-refractivity contribution >= 4 is 0 Å². The Morgan fingerprint density at radius 3 is 2.75 bits per heavy atom. The third-order valence-corrected chi connectivity index (χ3v) is 9.47. The van der Waals surface area contributed by atoms with Crippen molar-refractivity contribution in [1.29, 1.82) is 0 Å². The first-order chi connectivity index (χ1) is 11.6. The molecule has 2 heteroatoms. The van der Waals surface area contributed by atoms with Crippen LogP contribution in [0, 0.1) is 40.4 Å². The number of aliphatic hydroxyl groups excluding tert-OH is 2. The lowest BCUT2D eigenvalue weighted by atomic mass is 9.49. The highest BCUT2D eigenvalue weighted by Crippen LogP contribution is 2.80. The van der Waals surface area contributed by atoms with Crippen LogP contribution >= 0.6 is 0 Å². The Balaban J connectivity index is 1.41. The van der Waals surface area contributed by atoms with Crippen molar-refractivity contribution in [1.82, 2.24) is 0 Å². The Kier molecular flexibility index (Phi) is 3.53. The summed E-state index contributed by atoms with van der Waals surface area (Å²) in [6.07, 6.45) is 15.0. The molecule has 5 rings (SSSR count). The number of hydrogen-bond acceptors (Lipinski definition) is 2. The van der Waals surface area contributed by atoms with E-state index in [2.05, 4.69) is 13.0 Å². The maximum atomic E-state index is 10.1. The summed E-state index contributed by atoms with van der Waals surface area (Å²) < 4.78 is 0. The summed E-state index contributed by atoms with van der Waals surface area (Å²) in [5, 5.41) is 19.4. The van der Waals surface area contributed by atoms with E-state index in [9.17, 15) is 10.2 Å². The summed E-state index contributed by atoms with van der Waals surface area (Å²) in [5.41, 5.74) is 2.67. The molecule has 134 valence electrons. The summed E-state index contributed by atoms with van der Waals surface area (Å²) in [6.45, 7) is 2.91. The van der Waals surface area contributed by atoms with Crippen LogP contribution in [0.3, 0.4) is 0 Å². The minimum Gasteiger partial charge on any atom is -0.396 e. The highest BCUT2D eigenvalue weighted by molar-refractivity contribution is 5.28. The molecule has 0 saturated heterocycles. The molecule has 0 aliphatic heterocycles. The molecule has 8 atom stereocenters. The molecule has 0 amide bonds. The number of aliphatic hydroxyl groups is 2. The van der Waals surface area contributed by atoms with Gasteiger partial charge in [0.1, 0.15) is 0 Å². The van der Waals surface area contributed by atoms with Gasteiger partial charge < -0.3 is 10.2 Å². The van der Waals surface area contributed by atoms with Gasteiger partial charge in [0.25, 0.3) is 0 Å². The van der Waals surface area contributed by atoms with Gasteiger partial charge in [0, 0.05) is 6.61 Å². The minimum atomic E-state index is -0.0852. The molecule has 0 aromatic carbocycles. The summed E-state index contributed by atoms with van der Waals surface area (Å²) in [7, 11) is 0. The zero-order chi connectivity index (χ0) is 16.5. The minimum absolute atomic E-state index is 0.0852. The van der Waals surface area contributed by atoms with E-state index < -0.39 is 0 Å². The van der Waals surface area contributed by atoms with Crippen molar-refractivity contribution in [3.05, 3.63) is 11.6 Å². The van der Waals surface area contributed by atoms with Gasteiger partial charge in [-0.05, 0) is 105 Å². The van der Waals surface area contributed by atoms with Gasteiger partial charge in [-0.15, -0.1) is 0 Å². The normalized spacial score (nSPS) is 55.0. The van der Waals surface area contributed by atoms with Crippen LogP contribution in [0.25, 0.3) is 0 Å². The van der Waals surface area contributed by atoms with Crippen LogP contribution in [0.1, 0.15) is 71.1 Å². The van der Waals surface area contributed by atoms with Crippen LogP contribution < -0.4 is 0 Å². The highest BCUT2D eigenvalue weighted by atomic mass is 16.3. The van der Waals surface area contributed by atoms with E-state index in [0.29, 0.717) is 17.4 Å². The molecule has 5 aliphatic carbocycles. The molecule has 2 N–H and O–H groups in total. The van der Waals surface area contributed by atoms with Crippen molar-refractivity contribution in [3.8, 4) is 0 Å². The molecule has 0 bridgehead atoms. The van der Waals surface area contributed by atoms with E-state index in [-0.39, 0.29) is 6.10 Å². The largest absolute Gasteiger partial charge is 0.396 e. The maximum absolute atomic E-state index is 10.1. The number of rotatable bonds is 3. The van der Waals surface area contributed by atoms with Crippen LogP contribution in [0.2, 0.25) is 0 Å². The smallest absolute Gasteiger partial charge is 0.0577 e. The SMILES string of the molecule is CC12CCC(O)CC1=CCC1C2CCC23C1CC[C@H]2C3CCCO. The van der Waals surface area contributed by atoms with Gasteiger partial charge in [0.2, 0.25) is 0 Å². The lowest BCUT2D eigenvalue weighted by molar-refractivity contribution is -0.0228. The zero-order valence-corrected chi connectivity index (χ0v) is 15.2. The highest BCUT2D eigenvalue weighted by Gasteiger charge is 2.73. The van der Waals surface area contributed by atoms with Crippen LogP contribution in [0.15, 0.2) is 11.6 Å². The fraction of sp³-hybridized carbons (Fsp3) is 0.909. The van der Waals surface area contributed by atoms with Crippen LogP contribution in [0.4, 0.5) is 0 Å². The molecule has 2 nitrogen and oxygen atoms in total. The van der Waals surface area contributed by atoms with Crippen molar-refractivity contribution in [2.75, 3.05) is 6.61 Å². The first-order valence-corrected chi connectivity index (χ1v) is 10.6. The lowest BCUT2D eigenvalue weighted by Crippen LogP contribution is -2.48. The second-order valence-electron chi connectivity index (χ2n) is 9.96. The fourth-order valence-electron chi connectivity index (χ4n) is 8.48. The molecular formula is C22H34O2. The summed E-state index contributed by atoms with van der Waals surface area (Å²) in [4.78, 5) is 0. The van der Waals surface area contributed by atoms with Gasteiger partial charge in [-0.1, -0.05) is 18.6 Å². The molecular weight excluding hydrogens is 296 g/mol. The van der Waals surface area contributed by atoms with Crippen molar-refractivity contribution in [3.63, 3.8) is 0 Å². The molecule has 0 aromatic rings. The van der Waals surface area contributed by atoms with Crippen LogP contribution in [-0.4, -0.2) is 22.9 Å². The van der Waals surface area contributed by atoms with E-state index in [1.165, 1.54) is 44.9 Å². The third kappa shape index (κ3) is 1.91. The maximum Gasteiger partial charge on any atom is 0.0577 e. The van der Waals surface area contributed by atoms with Crippen LogP contribution in [0.5, 0.6) is 0 Å². The van der Waals surface area contributed by atoms with Gasteiger partial charge in [0.05, 0.1) is 6.10 Å². The van der Waals surface area contributed by atoms with E-state index in [1.54, 1.807) is 5.57 Å². The van der Waals surface area contributed by atoms with E-state index in [1.807, 2.05) is 0 Å². The Labute approximate surface area is 146 Å². The molecule has 4 saturated carbocycles. The molecule has 1 spiro atoms. The van der Waals surface area contributed by atoms with E-state index in [4.69, 9.17) is 0 Å². The van der Waals surface area contributed by atoms with Gasteiger partial charge in [0.15, 0.2) is 0 Å². The van der Waals surface area contributed by atoms with E-state index >= 15 is 0 Å². The summed E-state index contributed by atoms with van der Waals surface area (Å²) in [5.74, 6) is 4.69. The third-order valence-electron chi connectivity index (χ3n) is 9.47. The topological polar surface area (TPSA) is 40.5 Å². The standard InChI is InChI=1S/C22H34O2/c1-21-10-8-15(24)13-14(21)4-5-16-17(21)9-11-22-18(16)6-7-20(22)19(22)3-2-12-23/h4,15-20,23-24H,2-3,5-13H2,1H3/t15?,16?,17?,18?,19?,20-,21?,22?/m0/s1. The average molecular weight is 331 g/mol. The molecule has 5 aliphatic rings. The predicted octanol–water partition coefficient (Wildman–Crippen LogP) is 4.31. The Hall–Kier alpha value is -0.340. The first-order valence-electron chi connectivity index (χ1n) is 10.6. The van der Waals surface area contributed by atoms with Gasteiger partial charge in [-0.25, -0.2) is 0 Å². The van der Waals surface area contributed by atoms with Gasteiger partial charge in [-0.2, -0.15) is 0 Å². The first kappa shape index (κ1) is 15.9. The van der Waals surface area contributed by atoms with Crippen molar-refractivity contribution in [2.45, 2.75) is 77.2 Å². The average Bonchev–Trinajstić information content (AvgIpc) is 2.98. The predicted molar refractivity (Wildman–Crippen MR) is 95.3 cm³/mol. The second kappa shape index (κ2) is 5.33. The number of fused-ring (bicyclic) bond motifs is 4. The number of hydrogen-bond donors (Lipinski definition) is 2.